The van der Waals surface area contributed by atoms with E-state index in [9.17, 15) is 22.8 Å². The fraction of sp³-hybridized carbons (Fsp3) is 0.476. The average molecular weight is 481 g/mol. The van der Waals surface area contributed by atoms with Gasteiger partial charge in [0, 0.05) is 31.6 Å². The van der Waals surface area contributed by atoms with Gasteiger partial charge in [-0.25, -0.2) is 9.78 Å². The van der Waals surface area contributed by atoms with Crippen LogP contribution in [0.25, 0.3) is 0 Å². The lowest BCUT2D eigenvalue weighted by molar-refractivity contribution is -0.274. The first-order chi connectivity index (χ1) is 16.2. The van der Waals surface area contributed by atoms with Crippen molar-refractivity contribution in [2.45, 2.75) is 19.2 Å². The molecule has 2 aliphatic rings. The third-order valence-corrected chi connectivity index (χ3v) is 5.95. The molecule has 2 aliphatic heterocycles. The number of ether oxygens (including phenoxy) is 1. The highest BCUT2D eigenvalue weighted by Gasteiger charge is 2.47. The molecule has 10 nitrogen and oxygen atoms in total. The Morgan fingerprint density at radius 2 is 2.00 bits per heavy atom. The van der Waals surface area contributed by atoms with Crippen LogP contribution < -0.4 is 31.6 Å². The molecule has 2 aromatic rings. The number of benzene rings is 1. The maximum Gasteiger partial charge on any atom is 0.573 e. The monoisotopic (exact) mass is 481 g/mol. The van der Waals surface area contributed by atoms with E-state index >= 15 is 0 Å². The molecule has 0 bridgehead atoms. The zero-order chi connectivity index (χ0) is 24.3. The second-order valence-corrected chi connectivity index (χ2v) is 8.59. The fourth-order valence-electron chi connectivity index (χ4n) is 4.50. The van der Waals surface area contributed by atoms with Crippen molar-refractivity contribution in [2.75, 3.05) is 54.8 Å². The summed E-state index contributed by atoms with van der Waals surface area (Å²) >= 11 is 0. The highest BCUT2D eigenvalue weighted by Crippen LogP contribution is 2.40. The van der Waals surface area contributed by atoms with Gasteiger partial charge in [0.05, 0.1) is 11.9 Å². The summed E-state index contributed by atoms with van der Waals surface area (Å²) in [5.41, 5.74) is 5.54. The molecular formula is C21H26F3N7O3. The number of carbonyl (C=O) groups excluding carboxylic acids is 1. The zero-order valence-electron chi connectivity index (χ0n) is 18.3. The van der Waals surface area contributed by atoms with Crippen LogP contribution in [0.5, 0.6) is 5.75 Å². The lowest BCUT2D eigenvalue weighted by Crippen LogP contribution is -2.57. The van der Waals surface area contributed by atoms with Crippen molar-refractivity contribution in [3.05, 3.63) is 40.8 Å². The molecule has 2 saturated heterocycles. The second-order valence-electron chi connectivity index (χ2n) is 8.59. The third kappa shape index (κ3) is 5.59. The van der Waals surface area contributed by atoms with Crippen molar-refractivity contribution in [1.29, 1.82) is 0 Å². The first-order valence-electron chi connectivity index (χ1n) is 10.9. The van der Waals surface area contributed by atoms with Crippen LogP contribution in [0.4, 0.5) is 35.3 Å². The Morgan fingerprint density at radius 1 is 1.24 bits per heavy atom. The van der Waals surface area contributed by atoms with Crippen molar-refractivity contribution < 1.29 is 22.7 Å². The van der Waals surface area contributed by atoms with E-state index in [1.54, 1.807) is 0 Å². The molecule has 4 rings (SSSR count). The SMILES string of the molecule is NCCCN1CC2(CCN(c3cnc(NC(=O)Nc4ccccc4OC(F)(F)F)[nH]c3=O)C2)C1. The van der Waals surface area contributed by atoms with Crippen molar-refractivity contribution >= 4 is 23.4 Å². The number of hydrogen-bond donors (Lipinski definition) is 4. The van der Waals surface area contributed by atoms with Gasteiger partial charge < -0.3 is 25.6 Å². The lowest BCUT2D eigenvalue weighted by atomic mass is 9.79. The predicted octanol–water partition coefficient (Wildman–Crippen LogP) is 2.17. The fourth-order valence-corrected chi connectivity index (χ4v) is 4.50. The van der Waals surface area contributed by atoms with Gasteiger partial charge in [-0.2, -0.15) is 0 Å². The number of aromatic amines is 1. The molecule has 5 N–H and O–H groups in total. The largest absolute Gasteiger partial charge is 0.573 e. The van der Waals surface area contributed by atoms with Crippen molar-refractivity contribution in [1.82, 2.24) is 14.9 Å². The normalized spacial score (nSPS) is 17.5. The Kier molecular flexibility index (Phi) is 6.66. The van der Waals surface area contributed by atoms with Gasteiger partial charge in [0.25, 0.3) is 5.56 Å². The molecular weight excluding hydrogens is 455 g/mol. The van der Waals surface area contributed by atoms with E-state index < -0.39 is 23.7 Å². The molecule has 1 aromatic carbocycles. The van der Waals surface area contributed by atoms with Crippen LogP contribution in [0.1, 0.15) is 12.8 Å². The highest BCUT2D eigenvalue weighted by atomic mass is 19.4. The van der Waals surface area contributed by atoms with Crippen LogP contribution >= 0.6 is 0 Å². The van der Waals surface area contributed by atoms with Gasteiger partial charge in [0.2, 0.25) is 5.95 Å². The second kappa shape index (κ2) is 9.50. The molecule has 1 aromatic heterocycles. The summed E-state index contributed by atoms with van der Waals surface area (Å²) in [5, 5.41) is 4.57. The molecule has 0 atom stereocenters. The van der Waals surface area contributed by atoms with Crippen LogP contribution in [0, 0.1) is 5.41 Å². The number of urea groups is 1. The topological polar surface area (TPSA) is 129 Å². The van der Waals surface area contributed by atoms with Gasteiger partial charge in [-0.05, 0) is 38.1 Å². The molecule has 2 amide bonds. The smallest absolute Gasteiger partial charge is 0.404 e. The zero-order valence-corrected chi connectivity index (χ0v) is 18.3. The summed E-state index contributed by atoms with van der Waals surface area (Å²) < 4.78 is 41.5. The first-order valence-corrected chi connectivity index (χ1v) is 10.9. The van der Waals surface area contributed by atoms with Crippen LogP contribution in [-0.4, -0.2) is 66.5 Å². The van der Waals surface area contributed by atoms with Crippen molar-refractivity contribution in [3.63, 3.8) is 0 Å². The van der Waals surface area contributed by atoms with Crippen LogP contribution in [0.2, 0.25) is 0 Å². The van der Waals surface area contributed by atoms with Gasteiger partial charge >= 0.3 is 12.4 Å². The number of likely N-dealkylation sites (tertiary alicyclic amines) is 1. The number of para-hydroxylation sites is 2. The Bertz CT molecular complexity index is 1090. The summed E-state index contributed by atoms with van der Waals surface area (Å²) in [4.78, 5) is 35.8. The molecule has 0 aliphatic carbocycles. The molecule has 0 saturated carbocycles. The van der Waals surface area contributed by atoms with E-state index in [1.807, 2.05) is 4.90 Å². The number of nitrogens with zero attached hydrogens (tertiary/aromatic N) is 3. The summed E-state index contributed by atoms with van der Waals surface area (Å²) in [5.74, 6) is -0.700. The van der Waals surface area contributed by atoms with Gasteiger partial charge in [-0.15, -0.1) is 13.2 Å². The van der Waals surface area contributed by atoms with E-state index in [0.717, 1.165) is 51.6 Å². The number of hydrogen-bond acceptors (Lipinski definition) is 7. The first kappa shape index (κ1) is 23.8. The van der Waals surface area contributed by atoms with Crippen molar-refractivity contribution in [2.24, 2.45) is 11.1 Å². The van der Waals surface area contributed by atoms with Crippen LogP contribution in [0.15, 0.2) is 35.3 Å². The van der Waals surface area contributed by atoms with E-state index in [0.29, 0.717) is 12.2 Å². The number of amides is 2. The van der Waals surface area contributed by atoms with Gasteiger partial charge in [0.1, 0.15) is 5.69 Å². The number of H-pyrrole nitrogens is 1. The number of carbonyl (C=O) groups is 1. The van der Waals surface area contributed by atoms with E-state index in [2.05, 4.69) is 30.2 Å². The van der Waals surface area contributed by atoms with E-state index in [-0.39, 0.29) is 17.1 Å². The van der Waals surface area contributed by atoms with Gasteiger partial charge in [-0.1, -0.05) is 12.1 Å². The molecule has 34 heavy (non-hydrogen) atoms. The number of alkyl halides is 3. The number of anilines is 3. The standard InChI is InChI=1S/C21H26F3N7O3/c22-21(23,24)34-16-5-2-1-4-14(16)27-19(33)29-18-26-10-15(17(32)28-18)31-9-6-20(13-31)11-30(12-20)8-3-7-25/h1-2,4-5,10H,3,6-9,11-13,25H2,(H3,26,27,28,29,32,33). The minimum Gasteiger partial charge on any atom is -0.404 e. The third-order valence-electron chi connectivity index (χ3n) is 5.95. The Balaban J connectivity index is 1.35. The summed E-state index contributed by atoms with van der Waals surface area (Å²) in [6.45, 7) is 5.10. The molecule has 0 radical (unpaired) electrons. The number of aromatic nitrogens is 2. The predicted molar refractivity (Wildman–Crippen MR) is 120 cm³/mol. The summed E-state index contributed by atoms with van der Waals surface area (Å²) in [7, 11) is 0. The van der Waals surface area contributed by atoms with Crippen LogP contribution in [0.3, 0.4) is 0 Å². The maximum absolute atomic E-state index is 12.6. The minimum absolute atomic E-state index is 0.133. The van der Waals surface area contributed by atoms with Gasteiger partial charge in [0.15, 0.2) is 5.75 Å². The minimum atomic E-state index is -4.91. The maximum atomic E-state index is 12.6. The quantitative estimate of drug-likeness (QED) is 0.477. The van der Waals surface area contributed by atoms with Crippen LogP contribution in [-0.2, 0) is 0 Å². The lowest BCUT2D eigenvalue weighted by Gasteiger charge is -2.48. The Labute approximate surface area is 193 Å². The molecule has 184 valence electrons. The molecule has 0 unspecified atom stereocenters. The van der Waals surface area contributed by atoms with E-state index in [1.165, 1.54) is 24.4 Å². The highest BCUT2D eigenvalue weighted by molar-refractivity contribution is 5.99. The van der Waals surface area contributed by atoms with E-state index in [4.69, 9.17) is 5.73 Å². The molecule has 1 spiro atoms. The Hall–Kier alpha value is -3.32. The average Bonchev–Trinajstić information content (AvgIpc) is 3.17. The number of rotatable bonds is 7. The van der Waals surface area contributed by atoms with Gasteiger partial charge in [-0.3, -0.25) is 15.1 Å². The number of nitrogens with one attached hydrogen (secondary N) is 3. The number of halogens is 3. The molecule has 2 fully saturated rings. The summed E-state index contributed by atoms with van der Waals surface area (Å²) in [6.07, 6.45) is -1.58. The molecule has 3 heterocycles. The Morgan fingerprint density at radius 3 is 2.71 bits per heavy atom. The number of nitrogens with two attached hydrogens (primary N) is 1. The molecule has 13 heteroatoms. The van der Waals surface area contributed by atoms with Crippen molar-refractivity contribution in [3.8, 4) is 5.75 Å². The summed E-state index contributed by atoms with van der Waals surface area (Å²) in [6, 6.07) is 4.21.